The summed E-state index contributed by atoms with van der Waals surface area (Å²) in [5, 5.41) is 12.5. The maximum Gasteiger partial charge on any atom is 0.277 e. The molecule has 0 spiro atoms. The lowest BCUT2D eigenvalue weighted by atomic mass is 10.1. The van der Waals surface area contributed by atoms with E-state index in [0.29, 0.717) is 9.48 Å². The number of anilines is 2. The fraction of sp³-hybridized carbons (Fsp3) is 0.176. The number of halogens is 3. The number of nitroso groups, excluding NO2 is 1. The maximum atomic E-state index is 15.5. The van der Waals surface area contributed by atoms with Crippen LogP contribution in [0.15, 0.2) is 40.4 Å². The van der Waals surface area contributed by atoms with Crippen LogP contribution in [0.2, 0.25) is 5.02 Å². The van der Waals surface area contributed by atoms with Crippen molar-refractivity contribution in [2.45, 2.75) is 0 Å². The summed E-state index contributed by atoms with van der Waals surface area (Å²) in [6.07, 6.45) is 1.26. The van der Waals surface area contributed by atoms with Gasteiger partial charge in [0.1, 0.15) is 11.2 Å². The molecule has 0 aliphatic rings. The number of aromatic nitrogens is 2. The number of carbonyl (C=O) groups is 1. The van der Waals surface area contributed by atoms with Gasteiger partial charge in [-0.3, -0.25) is 9.63 Å². The highest BCUT2D eigenvalue weighted by molar-refractivity contribution is 9.10. The second kappa shape index (κ2) is 8.82. The normalized spacial score (nSPS) is 14.0. The van der Waals surface area contributed by atoms with Gasteiger partial charge in [0.05, 0.1) is 52.0 Å². The molecule has 1 aromatic heterocycles. The summed E-state index contributed by atoms with van der Waals surface area (Å²) in [7, 11) is 1.52. The Hall–Kier alpha value is -2.60. The van der Waals surface area contributed by atoms with Gasteiger partial charge in [-0.25, -0.2) is 14.9 Å². The van der Waals surface area contributed by atoms with Gasteiger partial charge in [0.25, 0.3) is 5.91 Å². The van der Waals surface area contributed by atoms with Gasteiger partial charge < -0.3 is 9.67 Å². The number of carbonyl (C=O) groups excluding carboxylic acids is 1. The predicted molar refractivity (Wildman–Crippen MR) is 108 cm³/mol. The SMILES string of the molecule is [2H]C([2H])(O)C([2H])([2H])ONC(=O)c1cc2c(ncn2C)c(F)c1N(N=O)c1ccc(Br)cc1Cl. The third kappa shape index (κ3) is 4.08. The Labute approximate surface area is 182 Å². The number of aliphatic hydroxyl groups is 1. The van der Waals surface area contributed by atoms with Gasteiger partial charge in [-0.2, -0.15) is 5.01 Å². The molecular formula is C17H14BrClFN5O4. The van der Waals surface area contributed by atoms with Gasteiger partial charge >= 0.3 is 0 Å². The second-order valence-electron chi connectivity index (χ2n) is 5.55. The van der Waals surface area contributed by atoms with Crippen molar-refractivity contribution in [1.82, 2.24) is 15.0 Å². The van der Waals surface area contributed by atoms with Crippen LogP contribution in [0.1, 0.15) is 15.8 Å². The number of imidazole rings is 1. The molecule has 0 aliphatic carbocycles. The highest BCUT2D eigenvalue weighted by atomic mass is 79.9. The maximum absolute atomic E-state index is 15.5. The van der Waals surface area contributed by atoms with Crippen LogP contribution < -0.4 is 10.5 Å². The number of hydrogen-bond acceptors (Lipinski definition) is 6. The number of hydrogen-bond donors (Lipinski definition) is 2. The first-order valence-electron chi connectivity index (χ1n) is 9.71. The monoisotopic (exact) mass is 489 g/mol. The molecule has 2 aromatic carbocycles. The average molecular weight is 491 g/mol. The van der Waals surface area contributed by atoms with E-state index in [0.717, 1.165) is 6.07 Å². The molecule has 0 saturated heterocycles. The number of amides is 1. The molecule has 9 nitrogen and oxygen atoms in total. The Kier molecular flexibility index (Phi) is 4.94. The Balaban J connectivity index is 2.17. The minimum atomic E-state index is -3.48. The van der Waals surface area contributed by atoms with E-state index < -0.39 is 36.1 Å². The van der Waals surface area contributed by atoms with Crippen LogP contribution in [-0.4, -0.2) is 33.7 Å². The van der Waals surface area contributed by atoms with Crippen molar-refractivity contribution < 1.29 is 24.6 Å². The van der Waals surface area contributed by atoms with Crippen LogP contribution in [0.5, 0.6) is 0 Å². The standard InChI is InChI=1S/C17H14BrClFN5O4/c1-24-8-21-15-13(24)7-10(17(27)22-29-5-4-26)16(14(15)20)25(23-28)12-3-2-9(18)6-11(12)19/h2-3,6-8,26H,4-5H2,1H3,(H,22,27)/i4D2,5D2. The highest BCUT2D eigenvalue weighted by Crippen LogP contribution is 2.39. The van der Waals surface area contributed by atoms with Crippen molar-refractivity contribution in [3.8, 4) is 0 Å². The van der Waals surface area contributed by atoms with Crippen LogP contribution in [-0.2, 0) is 11.9 Å². The smallest absolute Gasteiger partial charge is 0.277 e. The molecule has 0 fully saturated rings. The van der Waals surface area contributed by atoms with Crippen molar-refractivity contribution in [1.29, 1.82) is 0 Å². The van der Waals surface area contributed by atoms with Gasteiger partial charge in [0, 0.05) is 11.5 Å². The van der Waals surface area contributed by atoms with E-state index in [1.807, 2.05) is 0 Å². The van der Waals surface area contributed by atoms with Crippen molar-refractivity contribution in [3.63, 3.8) is 0 Å². The summed E-state index contributed by atoms with van der Waals surface area (Å²) in [5.41, 5.74) is 0.257. The quantitative estimate of drug-likeness (QED) is 0.387. The number of nitrogens with zero attached hydrogens (tertiary/aromatic N) is 4. The fourth-order valence-electron chi connectivity index (χ4n) is 2.60. The summed E-state index contributed by atoms with van der Waals surface area (Å²) in [6.45, 7) is -6.85. The number of fused-ring (bicyclic) bond motifs is 1. The molecule has 152 valence electrons. The van der Waals surface area contributed by atoms with Crippen molar-refractivity contribution in [2.24, 2.45) is 12.3 Å². The van der Waals surface area contributed by atoms with Crippen LogP contribution in [0.4, 0.5) is 15.8 Å². The molecule has 0 unspecified atom stereocenters. The van der Waals surface area contributed by atoms with E-state index >= 15 is 4.39 Å². The number of hydroxylamine groups is 1. The Morgan fingerprint density at radius 3 is 2.97 bits per heavy atom. The summed E-state index contributed by atoms with van der Waals surface area (Å²) in [5.74, 6) is -2.39. The Morgan fingerprint density at radius 1 is 1.55 bits per heavy atom. The molecule has 0 saturated carbocycles. The van der Waals surface area contributed by atoms with Crippen LogP contribution in [0, 0.1) is 10.7 Å². The predicted octanol–water partition coefficient (Wildman–Crippen LogP) is 3.60. The molecule has 3 aromatic rings. The third-order valence-corrected chi connectivity index (χ3v) is 4.65. The Morgan fingerprint density at radius 2 is 2.31 bits per heavy atom. The van der Waals surface area contributed by atoms with Gasteiger partial charge in [0.2, 0.25) is 0 Å². The number of aryl methyl sites for hydroxylation is 1. The minimum absolute atomic E-state index is 0.0167. The van der Waals surface area contributed by atoms with Crippen LogP contribution >= 0.6 is 27.5 Å². The molecule has 0 bridgehead atoms. The summed E-state index contributed by atoms with van der Waals surface area (Å²) in [6, 6.07) is 5.39. The third-order valence-electron chi connectivity index (χ3n) is 3.85. The average Bonchev–Trinajstić information content (AvgIpc) is 3.09. The molecule has 1 heterocycles. The van der Waals surface area contributed by atoms with Gasteiger partial charge in [0.15, 0.2) is 5.82 Å². The summed E-state index contributed by atoms with van der Waals surface area (Å²) < 4.78 is 46.3. The molecule has 1 amide bonds. The first-order chi connectivity index (χ1) is 15.3. The minimum Gasteiger partial charge on any atom is -0.394 e. The molecule has 3 rings (SSSR count). The Bertz CT molecular complexity index is 1260. The molecule has 12 heteroatoms. The lowest BCUT2D eigenvalue weighted by molar-refractivity contribution is 0.0168. The van der Waals surface area contributed by atoms with Crippen LogP contribution in [0.25, 0.3) is 11.0 Å². The zero-order valence-corrected chi connectivity index (χ0v) is 16.8. The molecule has 0 aliphatic heterocycles. The highest BCUT2D eigenvalue weighted by Gasteiger charge is 2.28. The van der Waals surface area contributed by atoms with Gasteiger partial charge in [-0.15, -0.1) is 4.91 Å². The fourth-order valence-corrected chi connectivity index (χ4v) is 3.36. The number of rotatable bonds is 7. The molecular weight excluding hydrogens is 473 g/mol. The number of nitrogens with one attached hydrogen (secondary N) is 1. The molecule has 0 radical (unpaired) electrons. The lowest BCUT2D eigenvalue weighted by Gasteiger charge is -2.21. The van der Waals surface area contributed by atoms with Crippen molar-refractivity contribution >= 4 is 55.8 Å². The van der Waals surface area contributed by atoms with Crippen LogP contribution in [0.3, 0.4) is 0 Å². The molecule has 29 heavy (non-hydrogen) atoms. The zero-order chi connectivity index (χ0) is 24.7. The first-order valence-corrected chi connectivity index (χ1v) is 8.88. The lowest BCUT2D eigenvalue weighted by Crippen LogP contribution is -2.27. The number of benzene rings is 2. The van der Waals surface area contributed by atoms with E-state index in [4.69, 9.17) is 17.1 Å². The van der Waals surface area contributed by atoms with E-state index in [-0.39, 0.29) is 21.7 Å². The first kappa shape index (κ1) is 16.2. The van der Waals surface area contributed by atoms with E-state index in [1.165, 1.54) is 36.1 Å². The summed E-state index contributed by atoms with van der Waals surface area (Å²) in [4.78, 5) is 32.9. The van der Waals surface area contributed by atoms with Crippen molar-refractivity contribution in [3.05, 3.63) is 56.4 Å². The second-order valence-corrected chi connectivity index (χ2v) is 6.87. The van der Waals surface area contributed by atoms with Gasteiger partial charge in [-0.05, 0) is 24.3 Å². The topological polar surface area (TPSA) is 109 Å². The molecule has 0 atom stereocenters. The van der Waals surface area contributed by atoms with Gasteiger partial charge in [-0.1, -0.05) is 27.5 Å². The van der Waals surface area contributed by atoms with Crippen molar-refractivity contribution in [2.75, 3.05) is 18.1 Å². The summed E-state index contributed by atoms with van der Waals surface area (Å²) >= 11 is 9.37. The van der Waals surface area contributed by atoms with E-state index in [1.54, 1.807) is 5.48 Å². The molecule has 2 N–H and O–H groups in total. The van der Waals surface area contributed by atoms with E-state index in [9.17, 15) is 14.8 Å². The largest absolute Gasteiger partial charge is 0.394 e. The van der Waals surface area contributed by atoms with E-state index in [2.05, 4.69) is 31.0 Å². The zero-order valence-electron chi connectivity index (χ0n) is 18.5.